The third-order valence-electron chi connectivity index (χ3n) is 4.39. The summed E-state index contributed by atoms with van der Waals surface area (Å²) in [6.45, 7) is 7.30. The summed E-state index contributed by atoms with van der Waals surface area (Å²) in [5.41, 5.74) is 2.14. The van der Waals surface area contributed by atoms with Gasteiger partial charge in [0.05, 0.1) is 0 Å². The van der Waals surface area contributed by atoms with Gasteiger partial charge in [0, 0.05) is 13.8 Å². The number of carbonyl (C=O) groups excluding carboxylic acids is 2. The van der Waals surface area contributed by atoms with Gasteiger partial charge in [0.1, 0.15) is 11.5 Å². The van der Waals surface area contributed by atoms with Crippen LogP contribution in [0.2, 0.25) is 0 Å². The number of hydrogen-bond acceptors (Lipinski definition) is 5. The van der Waals surface area contributed by atoms with Crippen molar-refractivity contribution in [3.05, 3.63) is 59.7 Å². The molecule has 156 valence electrons. The Bertz CT molecular complexity index is 751. The predicted octanol–water partition coefficient (Wildman–Crippen LogP) is 5.33. The van der Waals surface area contributed by atoms with E-state index in [1.807, 2.05) is 60.3 Å². The van der Waals surface area contributed by atoms with Crippen molar-refractivity contribution in [3.63, 3.8) is 0 Å². The van der Waals surface area contributed by atoms with Crippen LogP contribution in [0, 0.1) is 11.8 Å². The molecule has 0 spiro atoms. The lowest BCUT2D eigenvalue weighted by Gasteiger charge is -2.17. The molecule has 0 bridgehead atoms. The van der Waals surface area contributed by atoms with Gasteiger partial charge >= 0.3 is 11.9 Å². The molecule has 0 aliphatic rings. The van der Waals surface area contributed by atoms with E-state index in [1.54, 1.807) is 0 Å². The number of hydrogen-bond donors (Lipinski definition) is 0. The molecule has 0 aliphatic heterocycles. The maximum Gasteiger partial charge on any atom is 0.308 e. The van der Waals surface area contributed by atoms with Crippen molar-refractivity contribution in [2.45, 2.75) is 40.5 Å². The Kier molecular flexibility index (Phi) is 9.26. The SMILES string of the molecule is CC(=O)Oc1ccccc1CC(C)CSCC(C)Cc1ccccc1OC(C)=O. The zero-order chi connectivity index (χ0) is 21.2. The largest absolute Gasteiger partial charge is 0.426 e. The smallest absolute Gasteiger partial charge is 0.308 e. The Morgan fingerprint density at radius 2 is 1.14 bits per heavy atom. The van der Waals surface area contributed by atoms with E-state index < -0.39 is 0 Å². The van der Waals surface area contributed by atoms with Crippen molar-refractivity contribution in [2.75, 3.05) is 11.5 Å². The zero-order valence-electron chi connectivity index (χ0n) is 17.6. The molecule has 2 rings (SSSR count). The molecule has 0 radical (unpaired) electrons. The molecule has 29 heavy (non-hydrogen) atoms. The number of rotatable bonds is 10. The lowest BCUT2D eigenvalue weighted by Crippen LogP contribution is -2.10. The normalized spacial score (nSPS) is 12.8. The molecule has 0 saturated heterocycles. The first-order valence-corrected chi connectivity index (χ1v) is 11.1. The van der Waals surface area contributed by atoms with Crippen molar-refractivity contribution in [1.82, 2.24) is 0 Å². The number of carbonyl (C=O) groups is 2. The van der Waals surface area contributed by atoms with Crippen LogP contribution in [0.15, 0.2) is 48.5 Å². The molecule has 0 saturated carbocycles. The van der Waals surface area contributed by atoms with Gasteiger partial charge in [-0.05, 0) is 59.4 Å². The van der Waals surface area contributed by atoms with E-state index in [1.165, 1.54) is 13.8 Å². The van der Waals surface area contributed by atoms with E-state index >= 15 is 0 Å². The fourth-order valence-electron chi connectivity index (χ4n) is 3.19. The first-order chi connectivity index (χ1) is 13.8. The minimum Gasteiger partial charge on any atom is -0.426 e. The highest BCUT2D eigenvalue weighted by Crippen LogP contribution is 2.26. The van der Waals surface area contributed by atoms with Gasteiger partial charge in [0.25, 0.3) is 0 Å². The van der Waals surface area contributed by atoms with Crippen molar-refractivity contribution in [3.8, 4) is 11.5 Å². The van der Waals surface area contributed by atoms with Crippen LogP contribution < -0.4 is 9.47 Å². The quantitative estimate of drug-likeness (QED) is 0.389. The second kappa shape index (κ2) is 11.7. The maximum absolute atomic E-state index is 11.3. The second-order valence-corrected chi connectivity index (χ2v) is 8.63. The first-order valence-electron chi connectivity index (χ1n) is 9.95. The number of esters is 2. The van der Waals surface area contributed by atoms with Gasteiger partial charge in [-0.2, -0.15) is 11.8 Å². The third-order valence-corrected chi connectivity index (χ3v) is 6.00. The lowest BCUT2D eigenvalue weighted by molar-refractivity contribution is -0.132. The average Bonchev–Trinajstić information content (AvgIpc) is 2.64. The van der Waals surface area contributed by atoms with Crippen LogP contribution in [-0.2, 0) is 22.4 Å². The van der Waals surface area contributed by atoms with E-state index in [4.69, 9.17) is 9.47 Å². The Morgan fingerprint density at radius 3 is 1.52 bits per heavy atom. The molecule has 0 amide bonds. The van der Waals surface area contributed by atoms with Gasteiger partial charge in [-0.1, -0.05) is 50.2 Å². The van der Waals surface area contributed by atoms with Gasteiger partial charge in [-0.25, -0.2) is 0 Å². The van der Waals surface area contributed by atoms with E-state index in [-0.39, 0.29) is 11.9 Å². The average molecular weight is 415 g/mol. The molecule has 2 aromatic carbocycles. The third kappa shape index (κ3) is 8.32. The van der Waals surface area contributed by atoms with Crippen LogP contribution in [-0.4, -0.2) is 23.4 Å². The van der Waals surface area contributed by atoms with Gasteiger partial charge in [0.2, 0.25) is 0 Å². The molecule has 0 fully saturated rings. The summed E-state index contributed by atoms with van der Waals surface area (Å²) >= 11 is 1.93. The summed E-state index contributed by atoms with van der Waals surface area (Å²) in [4.78, 5) is 22.6. The summed E-state index contributed by atoms with van der Waals surface area (Å²) in [5, 5.41) is 0. The number of thioether (sulfide) groups is 1. The Labute approximate surface area is 178 Å². The molecule has 0 aromatic heterocycles. The molecule has 5 heteroatoms. The van der Waals surface area contributed by atoms with Crippen molar-refractivity contribution >= 4 is 23.7 Å². The number of ether oxygens (including phenoxy) is 2. The Balaban J connectivity index is 1.81. The number of benzene rings is 2. The van der Waals surface area contributed by atoms with Crippen LogP contribution in [0.4, 0.5) is 0 Å². The zero-order valence-corrected chi connectivity index (χ0v) is 18.5. The molecule has 0 N–H and O–H groups in total. The molecule has 4 nitrogen and oxygen atoms in total. The summed E-state index contributed by atoms with van der Waals surface area (Å²) in [5.74, 6) is 3.74. The highest BCUT2D eigenvalue weighted by atomic mass is 32.2. The second-order valence-electron chi connectivity index (χ2n) is 7.56. The van der Waals surface area contributed by atoms with Gasteiger partial charge in [-0.15, -0.1) is 0 Å². The van der Waals surface area contributed by atoms with Crippen LogP contribution in [0.3, 0.4) is 0 Å². The summed E-state index contributed by atoms with van der Waals surface area (Å²) < 4.78 is 10.6. The van der Waals surface area contributed by atoms with E-state index in [2.05, 4.69) is 13.8 Å². The van der Waals surface area contributed by atoms with E-state index in [9.17, 15) is 9.59 Å². The lowest BCUT2D eigenvalue weighted by atomic mass is 10.0. The fourth-order valence-corrected chi connectivity index (χ4v) is 4.37. The summed E-state index contributed by atoms with van der Waals surface area (Å²) in [7, 11) is 0. The molecule has 2 atom stereocenters. The summed E-state index contributed by atoms with van der Waals surface area (Å²) in [6, 6.07) is 15.5. The van der Waals surface area contributed by atoms with Crippen LogP contribution in [0.5, 0.6) is 11.5 Å². The van der Waals surface area contributed by atoms with Crippen molar-refractivity contribution in [1.29, 1.82) is 0 Å². The van der Waals surface area contributed by atoms with Crippen molar-refractivity contribution < 1.29 is 19.1 Å². The monoisotopic (exact) mass is 414 g/mol. The molecular weight excluding hydrogens is 384 g/mol. The molecule has 0 aliphatic carbocycles. The highest BCUT2D eigenvalue weighted by Gasteiger charge is 2.13. The van der Waals surface area contributed by atoms with Crippen molar-refractivity contribution in [2.24, 2.45) is 11.8 Å². The predicted molar refractivity (Wildman–Crippen MR) is 119 cm³/mol. The van der Waals surface area contributed by atoms with Gasteiger partial charge < -0.3 is 9.47 Å². The Morgan fingerprint density at radius 1 is 0.759 bits per heavy atom. The van der Waals surface area contributed by atoms with Crippen LogP contribution in [0.1, 0.15) is 38.8 Å². The fraction of sp³-hybridized carbons (Fsp3) is 0.417. The molecule has 2 aromatic rings. The van der Waals surface area contributed by atoms with Gasteiger partial charge in [0.15, 0.2) is 0 Å². The topological polar surface area (TPSA) is 52.6 Å². The maximum atomic E-state index is 11.3. The first kappa shape index (κ1) is 23.0. The minimum atomic E-state index is -0.290. The van der Waals surface area contributed by atoms with E-state index in [0.29, 0.717) is 23.3 Å². The van der Waals surface area contributed by atoms with Gasteiger partial charge in [-0.3, -0.25) is 9.59 Å². The molecular formula is C24H30O4S. The Hall–Kier alpha value is -2.27. The minimum absolute atomic E-state index is 0.290. The summed E-state index contributed by atoms with van der Waals surface area (Å²) in [6.07, 6.45) is 1.75. The standard InChI is InChI=1S/C24H30O4S/c1-17(13-21-9-5-7-11-23(21)27-19(3)25)15-29-16-18(2)14-22-10-6-8-12-24(22)28-20(4)26/h5-12,17-18H,13-16H2,1-4H3. The number of para-hydroxylation sites is 2. The van der Waals surface area contributed by atoms with E-state index in [0.717, 1.165) is 35.5 Å². The highest BCUT2D eigenvalue weighted by molar-refractivity contribution is 7.99. The molecule has 2 unspecified atom stereocenters. The van der Waals surface area contributed by atoms with Crippen LogP contribution in [0.25, 0.3) is 0 Å². The van der Waals surface area contributed by atoms with Crippen LogP contribution >= 0.6 is 11.8 Å². The molecule has 0 heterocycles.